The number of pyridine rings is 1. The second-order valence-electron chi connectivity index (χ2n) is 4.09. The van der Waals surface area contributed by atoms with Gasteiger partial charge in [0.15, 0.2) is 11.6 Å². The van der Waals surface area contributed by atoms with Crippen LogP contribution in [0.5, 0.6) is 5.75 Å². The van der Waals surface area contributed by atoms with Crippen LogP contribution in [-0.4, -0.2) is 13.4 Å². The maximum atomic E-state index is 13.7. The molecule has 0 unspecified atom stereocenters. The van der Waals surface area contributed by atoms with Gasteiger partial charge in [0.25, 0.3) is 9.05 Å². The van der Waals surface area contributed by atoms with Gasteiger partial charge in [0, 0.05) is 16.4 Å². The molecule has 0 N–H and O–H groups in total. The standard InChI is InChI=1S/C13H11ClFNO3S/c1-9-3-2-4-10(16-9)8-19-13-6-5-11(7-12(13)15)20(14,17)18/h2-7H,8H2,1H3. The van der Waals surface area contributed by atoms with Crippen molar-refractivity contribution in [3.8, 4) is 5.75 Å². The zero-order valence-corrected chi connectivity index (χ0v) is 12.1. The monoisotopic (exact) mass is 315 g/mol. The van der Waals surface area contributed by atoms with Crippen LogP contribution in [0.25, 0.3) is 0 Å². The van der Waals surface area contributed by atoms with Gasteiger partial charge in [-0.1, -0.05) is 6.07 Å². The Labute approximate surface area is 120 Å². The first-order valence-electron chi connectivity index (χ1n) is 5.66. The van der Waals surface area contributed by atoms with Gasteiger partial charge in [-0.2, -0.15) is 0 Å². The van der Waals surface area contributed by atoms with Crippen molar-refractivity contribution in [1.82, 2.24) is 4.98 Å². The van der Waals surface area contributed by atoms with Crippen LogP contribution in [-0.2, 0) is 15.7 Å². The van der Waals surface area contributed by atoms with Crippen molar-refractivity contribution in [3.63, 3.8) is 0 Å². The highest BCUT2D eigenvalue weighted by Gasteiger charge is 2.14. The summed E-state index contributed by atoms with van der Waals surface area (Å²) in [5.74, 6) is -0.850. The predicted molar refractivity (Wildman–Crippen MR) is 72.7 cm³/mol. The Bertz CT molecular complexity index is 734. The van der Waals surface area contributed by atoms with Crippen molar-refractivity contribution in [3.05, 3.63) is 53.6 Å². The van der Waals surface area contributed by atoms with Gasteiger partial charge in [-0.3, -0.25) is 4.98 Å². The third kappa shape index (κ3) is 3.68. The van der Waals surface area contributed by atoms with Crippen LogP contribution in [0.2, 0.25) is 0 Å². The molecule has 2 rings (SSSR count). The van der Waals surface area contributed by atoms with Gasteiger partial charge in [0.2, 0.25) is 0 Å². The minimum Gasteiger partial charge on any atom is -0.484 e. The number of aromatic nitrogens is 1. The molecular weight excluding hydrogens is 305 g/mol. The second-order valence-corrected chi connectivity index (χ2v) is 6.65. The number of rotatable bonds is 4. The van der Waals surface area contributed by atoms with Gasteiger partial charge >= 0.3 is 0 Å². The van der Waals surface area contributed by atoms with E-state index in [-0.39, 0.29) is 17.3 Å². The molecular formula is C13H11ClFNO3S. The Kier molecular flexibility index (Phi) is 4.25. The van der Waals surface area contributed by atoms with Gasteiger partial charge in [-0.25, -0.2) is 12.8 Å². The molecule has 7 heteroatoms. The van der Waals surface area contributed by atoms with Gasteiger partial charge in [0.05, 0.1) is 10.6 Å². The molecule has 0 saturated heterocycles. The lowest BCUT2D eigenvalue weighted by Gasteiger charge is -2.08. The molecule has 1 heterocycles. The molecule has 0 radical (unpaired) electrons. The molecule has 0 amide bonds. The number of nitrogens with zero attached hydrogens (tertiary/aromatic N) is 1. The number of hydrogen-bond acceptors (Lipinski definition) is 4. The lowest BCUT2D eigenvalue weighted by atomic mass is 10.3. The van der Waals surface area contributed by atoms with Crippen molar-refractivity contribution in [1.29, 1.82) is 0 Å². The number of halogens is 2. The molecule has 2 aromatic rings. The zero-order chi connectivity index (χ0) is 14.8. The van der Waals surface area contributed by atoms with Crippen molar-refractivity contribution < 1.29 is 17.5 Å². The largest absolute Gasteiger partial charge is 0.484 e. The smallest absolute Gasteiger partial charge is 0.261 e. The number of aryl methyl sites for hydroxylation is 1. The highest BCUT2D eigenvalue weighted by Crippen LogP contribution is 2.23. The minimum absolute atomic E-state index is 0.0580. The minimum atomic E-state index is -3.95. The third-order valence-electron chi connectivity index (χ3n) is 2.51. The molecule has 0 atom stereocenters. The van der Waals surface area contributed by atoms with E-state index in [2.05, 4.69) is 4.98 Å². The fourth-order valence-electron chi connectivity index (χ4n) is 1.58. The summed E-state index contributed by atoms with van der Waals surface area (Å²) in [6, 6.07) is 8.64. The molecule has 0 aliphatic rings. The maximum Gasteiger partial charge on any atom is 0.261 e. The van der Waals surface area contributed by atoms with Gasteiger partial charge in [-0.15, -0.1) is 0 Å². The lowest BCUT2D eigenvalue weighted by Crippen LogP contribution is -2.01. The van der Waals surface area contributed by atoms with Gasteiger partial charge in [-0.05, 0) is 37.3 Å². The lowest BCUT2D eigenvalue weighted by molar-refractivity contribution is 0.285. The number of benzene rings is 1. The summed E-state index contributed by atoms with van der Waals surface area (Å²) in [5, 5.41) is 0. The summed E-state index contributed by atoms with van der Waals surface area (Å²) < 4.78 is 41.1. The maximum absolute atomic E-state index is 13.7. The molecule has 106 valence electrons. The molecule has 0 spiro atoms. The number of ether oxygens (including phenoxy) is 1. The Balaban J connectivity index is 2.15. The van der Waals surface area contributed by atoms with Crippen LogP contribution in [0.4, 0.5) is 4.39 Å². The molecule has 1 aromatic carbocycles. The van der Waals surface area contributed by atoms with Crippen molar-refractivity contribution in [2.75, 3.05) is 0 Å². The second kappa shape index (κ2) is 5.76. The average molecular weight is 316 g/mol. The average Bonchev–Trinajstić information content (AvgIpc) is 2.36. The highest BCUT2D eigenvalue weighted by atomic mass is 35.7. The molecule has 0 bridgehead atoms. The first-order chi connectivity index (χ1) is 9.36. The van der Waals surface area contributed by atoms with E-state index in [1.807, 2.05) is 19.1 Å². The first-order valence-corrected chi connectivity index (χ1v) is 7.97. The van der Waals surface area contributed by atoms with E-state index < -0.39 is 14.9 Å². The summed E-state index contributed by atoms with van der Waals surface area (Å²) in [4.78, 5) is 3.90. The Morgan fingerprint density at radius 2 is 2.05 bits per heavy atom. The molecule has 4 nitrogen and oxygen atoms in total. The predicted octanol–water partition coefficient (Wildman–Crippen LogP) is 3.04. The van der Waals surface area contributed by atoms with E-state index >= 15 is 0 Å². The summed E-state index contributed by atoms with van der Waals surface area (Å²) in [6.07, 6.45) is 0. The summed E-state index contributed by atoms with van der Waals surface area (Å²) in [6.45, 7) is 1.93. The van der Waals surface area contributed by atoms with Crippen LogP contribution in [0.15, 0.2) is 41.3 Å². The summed E-state index contributed by atoms with van der Waals surface area (Å²) in [5.41, 5.74) is 1.48. The molecule has 0 aliphatic carbocycles. The fourth-order valence-corrected chi connectivity index (χ4v) is 2.34. The molecule has 20 heavy (non-hydrogen) atoms. The normalized spacial score (nSPS) is 11.3. The van der Waals surface area contributed by atoms with E-state index in [0.29, 0.717) is 5.69 Å². The highest BCUT2D eigenvalue weighted by molar-refractivity contribution is 8.13. The third-order valence-corrected chi connectivity index (χ3v) is 3.86. The molecule has 0 aliphatic heterocycles. The summed E-state index contributed by atoms with van der Waals surface area (Å²) in [7, 11) is 1.18. The molecule has 0 saturated carbocycles. The SMILES string of the molecule is Cc1cccc(COc2ccc(S(=O)(=O)Cl)cc2F)n1. The fraction of sp³-hybridized carbons (Fsp3) is 0.154. The van der Waals surface area contributed by atoms with Gasteiger partial charge < -0.3 is 4.74 Å². The van der Waals surface area contributed by atoms with E-state index in [9.17, 15) is 12.8 Å². The van der Waals surface area contributed by atoms with Crippen molar-refractivity contribution in [2.45, 2.75) is 18.4 Å². The van der Waals surface area contributed by atoms with Crippen molar-refractivity contribution in [2.24, 2.45) is 0 Å². The first kappa shape index (κ1) is 14.7. The molecule has 0 fully saturated rings. The zero-order valence-electron chi connectivity index (χ0n) is 10.5. The van der Waals surface area contributed by atoms with E-state index in [1.54, 1.807) is 6.07 Å². The van der Waals surface area contributed by atoms with Crippen LogP contribution in [0.1, 0.15) is 11.4 Å². The van der Waals surface area contributed by atoms with Crippen LogP contribution >= 0.6 is 10.7 Å². The van der Waals surface area contributed by atoms with Crippen LogP contribution in [0.3, 0.4) is 0 Å². The Hall–Kier alpha value is -1.66. The molecule has 1 aromatic heterocycles. The van der Waals surface area contributed by atoms with E-state index in [4.69, 9.17) is 15.4 Å². The Morgan fingerprint density at radius 3 is 2.65 bits per heavy atom. The van der Waals surface area contributed by atoms with Crippen LogP contribution in [0, 0.1) is 12.7 Å². The topological polar surface area (TPSA) is 56.3 Å². The quantitative estimate of drug-likeness (QED) is 0.814. The van der Waals surface area contributed by atoms with Gasteiger partial charge in [0.1, 0.15) is 6.61 Å². The van der Waals surface area contributed by atoms with E-state index in [1.165, 1.54) is 12.1 Å². The number of hydrogen-bond donors (Lipinski definition) is 0. The Morgan fingerprint density at radius 1 is 1.30 bits per heavy atom. The van der Waals surface area contributed by atoms with Crippen molar-refractivity contribution >= 4 is 19.7 Å². The summed E-state index contributed by atoms with van der Waals surface area (Å²) >= 11 is 0. The van der Waals surface area contributed by atoms with Crippen LogP contribution < -0.4 is 4.74 Å². The van der Waals surface area contributed by atoms with E-state index in [0.717, 1.165) is 11.8 Å².